The molecule has 190 valence electrons. The summed E-state index contributed by atoms with van der Waals surface area (Å²) in [5.74, 6) is 2.29. The summed E-state index contributed by atoms with van der Waals surface area (Å²) in [6.45, 7) is 12.5. The summed E-state index contributed by atoms with van der Waals surface area (Å²) in [4.78, 5) is 20.0. The zero-order chi connectivity index (χ0) is 25.5. The summed E-state index contributed by atoms with van der Waals surface area (Å²) in [7, 11) is 0. The maximum absolute atomic E-state index is 13.0. The molecule has 0 bridgehead atoms. The second-order valence-electron chi connectivity index (χ2n) is 8.99. The number of fused-ring (bicyclic) bond motifs is 1. The van der Waals surface area contributed by atoms with Gasteiger partial charge < -0.3 is 18.6 Å². The van der Waals surface area contributed by atoms with Gasteiger partial charge in [0.15, 0.2) is 5.76 Å². The van der Waals surface area contributed by atoms with Crippen LogP contribution < -0.4 is 10.1 Å². The second kappa shape index (κ2) is 11.9. The van der Waals surface area contributed by atoms with Crippen molar-refractivity contribution in [3.8, 4) is 5.75 Å². The molecular formula is C29H36N4O3. The summed E-state index contributed by atoms with van der Waals surface area (Å²) >= 11 is 0. The number of hydrogen-bond acceptors (Lipinski definition) is 5. The Kier molecular flexibility index (Phi) is 8.44. The number of likely N-dealkylation sites (N-methyl/N-ethyl adjacent to an activating group) is 1. The molecule has 1 atom stereocenters. The van der Waals surface area contributed by atoms with Crippen molar-refractivity contribution in [3.05, 3.63) is 77.7 Å². The number of amides is 1. The summed E-state index contributed by atoms with van der Waals surface area (Å²) in [5.41, 5.74) is 3.14. The van der Waals surface area contributed by atoms with Crippen molar-refractivity contribution in [2.24, 2.45) is 0 Å². The Balaban J connectivity index is 1.42. The number of rotatable bonds is 12. The molecule has 1 amide bonds. The lowest BCUT2D eigenvalue weighted by Crippen LogP contribution is -2.27. The van der Waals surface area contributed by atoms with Crippen molar-refractivity contribution in [3.63, 3.8) is 0 Å². The Hall–Kier alpha value is -3.58. The van der Waals surface area contributed by atoms with E-state index in [1.165, 1.54) is 5.56 Å². The van der Waals surface area contributed by atoms with Gasteiger partial charge in [0.1, 0.15) is 18.1 Å². The van der Waals surface area contributed by atoms with Gasteiger partial charge in [-0.05, 0) is 67.4 Å². The molecule has 7 nitrogen and oxygen atoms in total. The van der Waals surface area contributed by atoms with Crippen LogP contribution in [0.5, 0.6) is 5.75 Å². The highest BCUT2D eigenvalue weighted by atomic mass is 16.5. The van der Waals surface area contributed by atoms with Crippen LogP contribution in [0.1, 0.15) is 61.9 Å². The maximum Gasteiger partial charge on any atom is 0.293 e. The number of carbonyl (C=O) groups is 1. The molecule has 1 unspecified atom stereocenters. The van der Waals surface area contributed by atoms with Crippen LogP contribution >= 0.6 is 0 Å². The summed E-state index contributed by atoms with van der Waals surface area (Å²) < 4.78 is 13.7. The molecule has 0 radical (unpaired) electrons. The van der Waals surface area contributed by atoms with Crippen LogP contribution in [0, 0.1) is 0 Å². The first kappa shape index (κ1) is 25.5. The highest BCUT2D eigenvalue weighted by molar-refractivity contribution is 6.02. The molecule has 0 fully saturated rings. The van der Waals surface area contributed by atoms with Crippen LogP contribution in [-0.2, 0) is 13.2 Å². The highest BCUT2D eigenvalue weighted by Gasteiger charge is 2.17. The number of benzene rings is 2. The van der Waals surface area contributed by atoms with Crippen molar-refractivity contribution in [1.82, 2.24) is 14.5 Å². The minimum atomic E-state index is -0.335. The van der Waals surface area contributed by atoms with E-state index >= 15 is 0 Å². The molecule has 2 heterocycles. The smallest absolute Gasteiger partial charge is 0.293 e. The van der Waals surface area contributed by atoms with Crippen LogP contribution in [0.4, 0.5) is 5.95 Å². The van der Waals surface area contributed by atoms with E-state index in [1.54, 1.807) is 12.1 Å². The monoisotopic (exact) mass is 488 g/mol. The lowest BCUT2D eigenvalue weighted by atomic mass is 9.99. The Morgan fingerprint density at radius 1 is 1.06 bits per heavy atom. The van der Waals surface area contributed by atoms with Crippen molar-refractivity contribution >= 4 is 22.9 Å². The summed E-state index contributed by atoms with van der Waals surface area (Å²) in [6.07, 6.45) is 1.10. The molecule has 0 saturated carbocycles. The number of nitrogens with zero attached hydrogens (tertiary/aromatic N) is 3. The number of anilines is 1. The molecule has 7 heteroatoms. The van der Waals surface area contributed by atoms with E-state index in [-0.39, 0.29) is 18.3 Å². The van der Waals surface area contributed by atoms with Crippen LogP contribution in [-0.4, -0.2) is 40.0 Å². The van der Waals surface area contributed by atoms with Gasteiger partial charge in [-0.3, -0.25) is 10.1 Å². The molecule has 4 rings (SSSR count). The van der Waals surface area contributed by atoms with E-state index in [0.29, 0.717) is 17.6 Å². The van der Waals surface area contributed by atoms with Gasteiger partial charge in [-0.25, -0.2) is 4.98 Å². The third-order valence-electron chi connectivity index (χ3n) is 6.74. The van der Waals surface area contributed by atoms with Crippen LogP contribution in [0.25, 0.3) is 11.0 Å². The van der Waals surface area contributed by atoms with E-state index in [1.807, 2.05) is 36.4 Å². The largest absolute Gasteiger partial charge is 0.486 e. The van der Waals surface area contributed by atoms with Gasteiger partial charge in [0.2, 0.25) is 5.95 Å². The first-order valence-corrected chi connectivity index (χ1v) is 12.8. The quantitative estimate of drug-likeness (QED) is 0.253. The fraction of sp³-hybridized carbons (Fsp3) is 0.379. The molecule has 2 aromatic heterocycles. The number of ether oxygens (including phenoxy) is 1. The van der Waals surface area contributed by atoms with E-state index in [0.717, 1.165) is 49.4 Å². The van der Waals surface area contributed by atoms with Crippen molar-refractivity contribution in [2.75, 3.05) is 25.0 Å². The van der Waals surface area contributed by atoms with Crippen LogP contribution in [0.3, 0.4) is 0 Å². The minimum absolute atomic E-state index is 0.225. The fourth-order valence-corrected chi connectivity index (χ4v) is 4.20. The number of carbonyl (C=O) groups excluding carboxylic acids is 1. The van der Waals surface area contributed by atoms with Crippen LogP contribution in [0.15, 0.2) is 65.1 Å². The highest BCUT2D eigenvalue weighted by Crippen LogP contribution is 2.23. The Labute approximate surface area is 213 Å². The molecule has 4 aromatic rings. The Bertz CT molecular complexity index is 1270. The Morgan fingerprint density at radius 2 is 1.81 bits per heavy atom. The molecule has 0 aliphatic carbocycles. The van der Waals surface area contributed by atoms with Gasteiger partial charge in [-0.2, -0.15) is 0 Å². The van der Waals surface area contributed by atoms with Gasteiger partial charge in [0.25, 0.3) is 5.91 Å². The number of imidazole rings is 1. The third kappa shape index (κ3) is 5.97. The van der Waals surface area contributed by atoms with E-state index < -0.39 is 0 Å². The number of furan rings is 1. The first-order chi connectivity index (χ1) is 17.5. The number of hydrogen-bond donors (Lipinski definition) is 1. The zero-order valence-corrected chi connectivity index (χ0v) is 21.7. The maximum atomic E-state index is 13.0. The topological polar surface area (TPSA) is 72.5 Å². The molecule has 0 aliphatic heterocycles. The molecule has 0 saturated heterocycles. The summed E-state index contributed by atoms with van der Waals surface area (Å²) in [6, 6.07) is 19.5. The molecule has 1 N–H and O–H groups in total. The van der Waals surface area contributed by atoms with Gasteiger partial charge in [-0.15, -0.1) is 0 Å². The van der Waals surface area contributed by atoms with Crippen molar-refractivity contribution < 1.29 is 13.9 Å². The van der Waals surface area contributed by atoms with E-state index in [9.17, 15) is 4.79 Å². The molecule has 0 spiro atoms. The molecular weight excluding hydrogens is 452 g/mol. The van der Waals surface area contributed by atoms with Crippen LogP contribution in [0.2, 0.25) is 0 Å². The fourth-order valence-electron chi connectivity index (χ4n) is 4.20. The lowest BCUT2D eigenvalue weighted by Gasteiger charge is -2.19. The normalized spacial score (nSPS) is 12.2. The minimum Gasteiger partial charge on any atom is -0.486 e. The predicted octanol–water partition coefficient (Wildman–Crippen LogP) is 6.32. The number of para-hydroxylation sites is 2. The molecule has 2 aromatic carbocycles. The van der Waals surface area contributed by atoms with E-state index in [4.69, 9.17) is 9.15 Å². The summed E-state index contributed by atoms with van der Waals surface area (Å²) in [5, 5.41) is 2.95. The SMILES string of the molecule is CCC(C)c1ccc(OCc2ccc(C(=O)Nc3nc4ccccc4n3CCN(CC)CC)o2)cc1. The van der Waals surface area contributed by atoms with Gasteiger partial charge in [0, 0.05) is 13.1 Å². The average Bonchev–Trinajstić information content (AvgIpc) is 3.52. The molecule has 0 aliphatic rings. The molecule has 36 heavy (non-hydrogen) atoms. The standard InChI is InChI=1S/C29H36N4O3/c1-5-21(4)22-12-14-23(15-13-22)35-20-24-16-17-27(36-24)28(34)31-29-30-25-10-8-9-11-26(25)33(29)19-18-32(6-2)7-3/h8-17,21H,5-7,18-20H2,1-4H3,(H,30,31,34). The zero-order valence-electron chi connectivity index (χ0n) is 21.7. The average molecular weight is 489 g/mol. The van der Waals surface area contributed by atoms with Crippen molar-refractivity contribution in [1.29, 1.82) is 0 Å². The van der Waals surface area contributed by atoms with Crippen molar-refractivity contribution in [2.45, 2.75) is 53.2 Å². The van der Waals surface area contributed by atoms with Gasteiger partial charge in [-0.1, -0.05) is 52.0 Å². The van der Waals surface area contributed by atoms with Gasteiger partial charge in [0.05, 0.1) is 11.0 Å². The number of aromatic nitrogens is 2. The van der Waals surface area contributed by atoms with E-state index in [2.05, 4.69) is 59.6 Å². The first-order valence-electron chi connectivity index (χ1n) is 12.8. The lowest BCUT2D eigenvalue weighted by molar-refractivity contribution is 0.0991. The number of nitrogens with one attached hydrogen (secondary N) is 1. The Morgan fingerprint density at radius 3 is 2.53 bits per heavy atom. The third-order valence-corrected chi connectivity index (χ3v) is 6.74. The van der Waals surface area contributed by atoms with Gasteiger partial charge >= 0.3 is 0 Å². The predicted molar refractivity (Wildman–Crippen MR) is 144 cm³/mol. The second-order valence-corrected chi connectivity index (χ2v) is 8.99.